The van der Waals surface area contributed by atoms with E-state index in [9.17, 15) is 13.2 Å². The van der Waals surface area contributed by atoms with Crippen LogP contribution in [-0.2, 0) is 6.18 Å². The van der Waals surface area contributed by atoms with Gasteiger partial charge in [-0.3, -0.25) is 0 Å². The summed E-state index contributed by atoms with van der Waals surface area (Å²) in [7, 11) is 0. The molecule has 0 atom stereocenters. The Hall–Kier alpha value is -3.33. The first-order valence-corrected chi connectivity index (χ1v) is 9.61. The van der Waals surface area contributed by atoms with Gasteiger partial charge in [-0.1, -0.05) is 18.2 Å². The average Bonchev–Trinajstić information content (AvgIpc) is 3.39. The number of halogens is 3. The molecule has 0 amide bonds. The van der Waals surface area contributed by atoms with Gasteiger partial charge in [-0.15, -0.1) is 5.10 Å². The van der Waals surface area contributed by atoms with Crippen LogP contribution in [0.1, 0.15) is 11.1 Å². The van der Waals surface area contributed by atoms with Gasteiger partial charge in [-0.2, -0.15) is 29.6 Å². The third-order valence-corrected chi connectivity index (χ3v) is 5.42. The first kappa shape index (κ1) is 17.7. The maximum Gasteiger partial charge on any atom is 0.416 e. The Morgan fingerprint density at radius 2 is 1.83 bits per heavy atom. The molecule has 0 unspecified atom stereocenters. The van der Waals surface area contributed by atoms with Gasteiger partial charge in [0.25, 0.3) is 0 Å². The van der Waals surface area contributed by atoms with Crippen LogP contribution in [0.15, 0.2) is 68.7 Å². The molecule has 29 heavy (non-hydrogen) atoms. The van der Waals surface area contributed by atoms with E-state index in [0.717, 1.165) is 45.1 Å². The van der Waals surface area contributed by atoms with Crippen LogP contribution in [0.25, 0.3) is 21.7 Å². The van der Waals surface area contributed by atoms with Crippen LogP contribution in [0.4, 0.5) is 24.7 Å². The molecule has 0 aliphatic carbocycles. The number of pyridine rings is 1. The van der Waals surface area contributed by atoms with Gasteiger partial charge < -0.3 is 5.32 Å². The van der Waals surface area contributed by atoms with E-state index in [0.29, 0.717) is 18.1 Å². The number of anilines is 2. The third-order valence-electron chi connectivity index (χ3n) is 4.67. The Morgan fingerprint density at radius 1 is 0.966 bits per heavy atom. The van der Waals surface area contributed by atoms with Crippen molar-refractivity contribution >= 4 is 50.2 Å². The highest BCUT2D eigenvalue weighted by Gasteiger charge is 2.30. The molecular formula is C20H12F3N5S. The fraction of sp³-hybridized carbons (Fsp3) is 0.100. The van der Waals surface area contributed by atoms with Gasteiger partial charge in [0.05, 0.1) is 16.8 Å². The van der Waals surface area contributed by atoms with Crippen molar-refractivity contribution in [1.29, 1.82) is 0 Å². The topological polar surface area (TPSA) is 62.0 Å². The number of aromatic nitrogens is 1. The van der Waals surface area contributed by atoms with E-state index in [1.807, 2.05) is 29.0 Å². The molecule has 0 bridgehead atoms. The summed E-state index contributed by atoms with van der Waals surface area (Å²) in [4.78, 5) is 4.69. The molecule has 9 heteroatoms. The van der Waals surface area contributed by atoms with E-state index >= 15 is 0 Å². The summed E-state index contributed by atoms with van der Waals surface area (Å²) in [5.74, 6) is 0.507. The van der Waals surface area contributed by atoms with Crippen molar-refractivity contribution in [3.05, 3.63) is 64.4 Å². The second-order valence-electron chi connectivity index (χ2n) is 6.53. The maximum absolute atomic E-state index is 13.0. The normalized spacial score (nSPS) is 14.0. The zero-order valence-corrected chi connectivity index (χ0v) is 15.6. The lowest BCUT2D eigenvalue weighted by molar-refractivity contribution is -0.137. The van der Waals surface area contributed by atoms with Crippen molar-refractivity contribution in [3.8, 4) is 0 Å². The summed E-state index contributed by atoms with van der Waals surface area (Å²) in [5.41, 5.74) is 1.96. The first-order chi connectivity index (χ1) is 14.0. The lowest BCUT2D eigenvalue weighted by Gasteiger charge is -2.12. The van der Waals surface area contributed by atoms with E-state index in [1.54, 1.807) is 6.07 Å². The zero-order valence-electron chi connectivity index (χ0n) is 14.7. The minimum atomic E-state index is -4.40. The van der Waals surface area contributed by atoms with Crippen LogP contribution >= 0.6 is 11.3 Å². The number of fused-ring (bicyclic) bond motifs is 3. The van der Waals surface area contributed by atoms with Gasteiger partial charge in [-0.25, -0.2) is 4.98 Å². The van der Waals surface area contributed by atoms with Crippen molar-refractivity contribution in [1.82, 2.24) is 4.98 Å². The van der Waals surface area contributed by atoms with Crippen molar-refractivity contribution < 1.29 is 13.2 Å². The van der Waals surface area contributed by atoms with E-state index in [-0.39, 0.29) is 0 Å². The molecule has 1 aliphatic rings. The first-order valence-electron chi connectivity index (χ1n) is 8.67. The fourth-order valence-corrected chi connectivity index (χ4v) is 4.10. The predicted molar refractivity (Wildman–Crippen MR) is 108 cm³/mol. The molecule has 3 heterocycles. The molecule has 2 aromatic heterocycles. The number of nitrogens with zero attached hydrogens (tertiary/aromatic N) is 4. The third kappa shape index (κ3) is 3.23. The molecule has 1 aliphatic heterocycles. The van der Waals surface area contributed by atoms with E-state index in [1.165, 1.54) is 17.4 Å². The minimum absolute atomic E-state index is 0.327. The van der Waals surface area contributed by atoms with Crippen molar-refractivity contribution in [2.75, 3.05) is 11.9 Å². The second kappa shape index (κ2) is 6.63. The average molecular weight is 411 g/mol. The Labute approximate surface area is 166 Å². The molecule has 1 N–H and O–H groups in total. The summed E-state index contributed by atoms with van der Waals surface area (Å²) in [6.07, 6.45) is -4.40. The summed E-state index contributed by atoms with van der Waals surface area (Å²) in [5, 5.41) is 21.3. The summed E-state index contributed by atoms with van der Waals surface area (Å²) >= 11 is 1.52. The lowest BCUT2D eigenvalue weighted by Crippen LogP contribution is -2.05. The quantitative estimate of drug-likeness (QED) is 0.425. The Balaban J connectivity index is 1.62. The Bertz CT molecular complexity index is 1310. The lowest BCUT2D eigenvalue weighted by atomic mass is 10.0. The fourth-order valence-electron chi connectivity index (χ4n) is 3.27. The number of alkyl halides is 3. The zero-order chi connectivity index (χ0) is 20.0. The van der Waals surface area contributed by atoms with E-state index in [4.69, 9.17) is 4.98 Å². The Morgan fingerprint density at radius 3 is 2.62 bits per heavy atom. The highest BCUT2D eigenvalue weighted by Crippen LogP contribution is 2.35. The van der Waals surface area contributed by atoms with E-state index < -0.39 is 11.7 Å². The standard InChI is InChI=1S/C20H12F3N5S/c21-20(22,23)12-2-1-3-13(7-12)25-19-16-10-29-9-15(16)14-5-4-11(6-17(14)26-19)18-8-24-28-27-18/h1-7,9-10H,8H2,(H,25,26). The molecule has 2 aromatic carbocycles. The molecule has 4 aromatic rings. The van der Waals surface area contributed by atoms with Crippen LogP contribution in [0, 0.1) is 0 Å². The van der Waals surface area contributed by atoms with Gasteiger partial charge in [0.15, 0.2) is 0 Å². The molecule has 0 radical (unpaired) electrons. The molecule has 0 fully saturated rings. The summed E-state index contributed by atoms with van der Waals surface area (Å²) in [6.45, 7) is 0.418. The monoisotopic (exact) mass is 411 g/mol. The van der Waals surface area contributed by atoms with Crippen LogP contribution < -0.4 is 5.32 Å². The summed E-state index contributed by atoms with van der Waals surface area (Å²) < 4.78 is 39.1. The number of thiophene rings is 1. The number of rotatable bonds is 3. The highest BCUT2D eigenvalue weighted by atomic mass is 32.1. The Kier molecular flexibility index (Phi) is 4.06. The number of hydrogen-bond acceptors (Lipinski definition) is 6. The predicted octanol–water partition coefficient (Wildman–Crippen LogP) is 6.38. The smallest absolute Gasteiger partial charge is 0.340 e. The van der Waals surface area contributed by atoms with E-state index in [2.05, 4.69) is 20.8 Å². The molecule has 144 valence electrons. The largest absolute Gasteiger partial charge is 0.416 e. The molecule has 0 saturated heterocycles. The molecule has 0 saturated carbocycles. The highest BCUT2D eigenvalue weighted by molar-refractivity contribution is 7.09. The van der Waals surface area contributed by atoms with Gasteiger partial charge in [0, 0.05) is 32.8 Å². The molecular weight excluding hydrogens is 399 g/mol. The molecule has 0 spiro atoms. The van der Waals surface area contributed by atoms with Crippen molar-refractivity contribution in [2.24, 2.45) is 15.4 Å². The number of nitrogens with one attached hydrogen (secondary N) is 1. The molecule has 5 rings (SSSR count). The number of hydrogen-bond donors (Lipinski definition) is 1. The van der Waals surface area contributed by atoms with Crippen molar-refractivity contribution in [3.63, 3.8) is 0 Å². The van der Waals surface area contributed by atoms with Gasteiger partial charge in [0.2, 0.25) is 0 Å². The summed E-state index contributed by atoms with van der Waals surface area (Å²) in [6, 6.07) is 10.9. The second-order valence-corrected chi connectivity index (χ2v) is 7.27. The van der Waals surface area contributed by atoms with Gasteiger partial charge in [-0.05, 0) is 34.9 Å². The van der Waals surface area contributed by atoms with Crippen molar-refractivity contribution in [2.45, 2.75) is 6.18 Å². The SMILES string of the molecule is FC(F)(F)c1cccc(Nc2nc3cc(C4=NN=NC4)ccc3c3cscc23)c1. The van der Waals surface area contributed by atoms with Gasteiger partial charge >= 0.3 is 6.18 Å². The van der Waals surface area contributed by atoms with Gasteiger partial charge in [0.1, 0.15) is 12.4 Å². The van der Waals surface area contributed by atoms with Crippen LogP contribution in [-0.4, -0.2) is 17.2 Å². The maximum atomic E-state index is 13.0. The minimum Gasteiger partial charge on any atom is -0.340 e. The molecule has 5 nitrogen and oxygen atoms in total. The van der Waals surface area contributed by atoms with Crippen LogP contribution in [0.3, 0.4) is 0 Å². The van der Waals surface area contributed by atoms with Crippen LogP contribution in [0.5, 0.6) is 0 Å². The number of benzene rings is 2. The van der Waals surface area contributed by atoms with Crippen LogP contribution in [0.2, 0.25) is 0 Å².